The predicted octanol–water partition coefficient (Wildman–Crippen LogP) is 1.71. The summed E-state index contributed by atoms with van der Waals surface area (Å²) in [6.07, 6.45) is 6.08. The Bertz CT molecular complexity index is 538. The number of aliphatic imine (C=N–C) groups is 1. The van der Waals surface area contributed by atoms with E-state index in [1.54, 1.807) is 19.9 Å². The molecule has 0 spiro atoms. The van der Waals surface area contributed by atoms with E-state index in [9.17, 15) is 9.59 Å². The van der Waals surface area contributed by atoms with Crippen LogP contribution in [0.15, 0.2) is 40.1 Å². The van der Waals surface area contributed by atoms with Gasteiger partial charge in [0.2, 0.25) is 0 Å². The van der Waals surface area contributed by atoms with Gasteiger partial charge in [0.1, 0.15) is 0 Å². The first kappa shape index (κ1) is 13.3. The van der Waals surface area contributed by atoms with Crippen molar-refractivity contribution in [3.63, 3.8) is 0 Å². The third-order valence-corrected chi connectivity index (χ3v) is 2.74. The number of hydrogen-bond acceptors (Lipinski definition) is 5. The van der Waals surface area contributed by atoms with E-state index in [0.717, 1.165) is 5.57 Å². The summed E-state index contributed by atoms with van der Waals surface area (Å²) in [6.45, 7) is 3.91. The first-order chi connectivity index (χ1) is 9.19. The van der Waals surface area contributed by atoms with Crippen LogP contribution in [0.1, 0.15) is 20.3 Å². The van der Waals surface area contributed by atoms with Gasteiger partial charge in [-0.1, -0.05) is 12.2 Å². The van der Waals surface area contributed by atoms with E-state index in [-0.39, 0.29) is 24.5 Å². The summed E-state index contributed by atoms with van der Waals surface area (Å²) >= 11 is 0. The zero-order valence-electron chi connectivity index (χ0n) is 10.9. The maximum atomic E-state index is 12.0. The predicted molar refractivity (Wildman–Crippen MR) is 69.6 cm³/mol. The maximum absolute atomic E-state index is 12.0. The van der Waals surface area contributed by atoms with Gasteiger partial charge in [-0.3, -0.25) is 0 Å². The van der Waals surface area contributed by atoms with Gasteiger partial charge in [0.25, 0.3) is 0 Å². The molecule has 100 valence electrons. The Morgan fingerprint density at radius 1 is 1.21 bits per heavy atom. The summed E-state index contributed by atoms with van der Waals surface area (Å²) in [5.41, 5.74) is 1.64. The van der Waals surface area contributed by atoms with Crippen LogP contribution in [0.2, 0.25) is 0 Å². The fraction of sp³-hybridized carbons (Fsp3) is 0.357. The number of nitrogens with zero attached hydrogens (tertiary/aromatic N) is 1. The van der Waals surface area contributed by atoms with Gasteiger partial charge < -0.3 is 9.47 Å². The molecule has 0 aromatic carbocycles. The summed E-state index contributed by atoms with van der Waals surface area (Å²) in [4.78, 5) is 28.1. The molecule has 0 radical (unpaired) electrons. The molecule has 2 rings (SSSR count). The van der Waals surface area contributed by atoms with Crippen LogP contribution >= 0.6 is 0 Å². The molecule has 0 amide bonds. The van der Waals surface area contributed by atoms with Crippen LogP contribution in [-0.4, -0.2) is 30.9 Å². The minimum atomic E-state index is -0.589. The average Bonchev–Trinajstić information content (AvgIpc) is 2.78. The van der Waals surface area contributed by atoms with Crippen molar-refractivity contribution in [3.8, 4) is 0 Å². The lowest BCUT2D eigenvalue weighted by Crippen LogP contribution is -2.24. The van der Waals surface area contributed by atoms with Gasteiger partial charge in [0.15, 0.2) is 5.71 Å². The largest absolute Gasteiger partial charge is 0.462 e. The van der Waals surface area contributed by atoms with Gasteiger partial charge in [-0.05, 0) is 31.9 Å². The molecule has 19 heavy (non-hydrogen) atoms. The molecular formula is C14H15NO4. The highest BCUT2D eigenvalue weighted by Gasteiger charge is 2.34. The van der Waals surface area contributed by atoms with E-state index in [0.29, 0.717) is 12.1 Å². The summed E-state index contributed by atoms with van der Waals surface area (Å²) < 4.78 is 9.93. The van der Waals surface area contributed by atoms with E-state index in [1.807, 2.05) is 12.2 Å². The van der Waals surface area contributed by atoms with E-state index < -0.39 is 11.9 Å². The molecule has 5 nitrogen and oxygen atoms in total. The summed E-state index contributed by atoms with van der Waals surface area (Å²) in [5.74, 6) is -1.11. The average molecular weight is 261 g/mol. The Hall–Kier alpha value is -2.17. The molecule has 0 aromatic heterocycles. The van der Waals surface area contributed by atoms with E-state index in [2.05, 4.69) is 4.99 Å². The number of esters is 2. The Morgan fingerprint density at radius 3 is 2.58 bits per heavy atom. The van der Waals surface area contributed by atoms with Gasteiger partial charge >= 0.3 is 11.9 Å². The molecule has 0 saturated carbocycles. The van der Waals surface area contributed by atoms with Gasteiger partial charge in [-0.2, -0.15) is 0 Å². The lowest BCUT2D eigenvalue weighted by Gasteiger charge is -2.09. The quantitative estimate of drug-likeness (QED) is 0.722. The molecule has 5 heteroatoms. The molecule has 1 heterocycles. The molecule has 1 aliphatic heterocycles. The number of fused-ring (bicyclic) bond motifs is 1. The second-order valence-corrected chi connectivity index (χ2v) is 3.94. The zero-order valence-corrected chi connectivity index (χ0v) is 10.9. The summed E-state index contributed by atoms with van der Waals surface area (Å²) in [5, 5.41) is 0. The van der Waals surface area contributed by atoms with Crippen LogP contribution in [0.4, 0.5) is 0 Å². The van der Waals surface area contributed by atoms with E-state index in [1.165, 1.54) is 0 Å². The molecule has 2 aliphatic rings. The lowest BCUT2D eigenvalue weighted by molar-refractivity contribution is -0.139. The molecule has 0 bridgehead atoms. The molecule has 0 aromatic rings. The normalized spacial score (nSPS) is 16.7. The fourth-order valence-corrected chi connectivity index (χ4v) is 1.97. The van der Waals surface area contributed by atoms with Crippen molar-refractivity contribution in [1.29, 1.82) is 0 Å². The molecular weight excluding hydrogens is 246 g/mol. The highest BCUT2D eigenvalue weighted by Crippen LogP contribution is 2.32. The first-order valence-corrected chi connectivity index (χ1v) is 6.22. The second kappa shape index (κ2) is 5.65. The number of rotatable bonds is 4. The number of carbonyl (C=O) groups excluding carboxylic acids is 2. The SMILES string of the molecule is CCOC(=O)C1=NC2=CC=CCC2=C1C(=O)OCC. The van der Waals surface area contributed by atoms with Crippen LogP contribution in [-0.2, 0) is 19.1 Å². The zero-order chi connectivity index (χ0) is 13.8. The van der Waals surface area contributed by atoms with Gasteiger partial charge in [0.05, 0.1) is 24.5 Å². The lowest BCUT2D eigenvalue weighted by atomic mass is 9.98. The van der Waals surface area contributed by atoms with Crippen molar-refractivity contribution in [2.75, 3.05) is 13.2 Å². The van der Waals surface area contributed by atoms with Crippen LogP contribution in [0.25, 0.3) is 0 Å². The van der Waals surface area contributed by atoms with Crippen LogP contribution < -0.4 is 0 Å². The molecule has 0 saturated heterocycles. The Balaban J connectivity index is 2.40. The van der Waals surface area contributed by atoms with Gasteiger partial charge in [0, 0.05) is 0 Å². The minimum absolute atomic E-state index is 0.0465. The molecule has 0 N–H and O–H groups in total. The summed E-state index contributed by atoms with van der Waals surface area (Å²) in [6, 6.07) is 0. The number of ether oxygens (including phenoxy) is 2. The van der Waals surface area contributed by atoms with Gasteiger partial charge in [-0.25, -0.2) is 14.6 Å². The minimum Gasteiger partial charge on any atom is -0.462 e. The Morgan fingerprint density at radius 2 is 1.89 bits per heavy atom. The Labute approximate surface area is 111 Å². The highest BCUT2D eigenvalue weighted by atomic mass is 16.5. The maximum Gasteiger partial charge on any atom is 0.357 e. The van der Waals surface area contributed by atoms with E-state index >= 15 is 0 Å². The van der Waals surface area contributed by atoms with Crippen molar-refractivity contribution in [1.82, 2.24) is 0 Å². The van der Waals surface area contributed by atoms with Crippen LogP contribution in [0.5, 0.6) is 0 Å². The standard InChI is InChI=1S/C14H15NO4/c1-3-18-13(16)11-9-7-5-6-8-10(9)15-12(11)14(17)19-4-2/h5-6,8H,3-4,7H2,1-2H3. The first-order valence-electron chi connectivity index (χ1n) is 6.22. The van der Waals surface area contributed by atoms with Crippen molar-refractivity contribution >= 4 is 17.7 Å². The molecule has 0 fully saturated rings. The molecule has 0 atom stereocenters. The number of hydrogen-bond donors (Lipinski definition) is 0. The highest BCUT2D eigenvalue weighted by molar-refractivity contribution is 6.50. The van der Waals surface area contributed by atoms with Crippen molar-refractivity contribution in [2.45, 2.75) is 20.3 Å². The third kappa shape index (κ3) is 2.50. The summed E-state index contributed by atoms with van der Waals surface area (Å²) in [7, 11) is 0. The molecule has 1 aliphatic carbocycles. The fourth-order valence-electron chi connectivity index (χ4n) is 1.97. The van der Waals surface area contributed by atoms with Crippen molar-refractivity contribution in [3.05, 3.63) is 35.1 Å². The third-order valence-electron chi connectivity index (χ3n) is 2.74. The smallest absolute Gasteiger partial charge is 0.357 e. The Kier molecular flexibility index (Phi) is 3.94. The topological polar surface area (TPSA) is 65.0 Å². The van der Waals surface area contributed by atoms with Crippen molar-refractivity contribution in [2.24, 2.45) is 4.99 Å². The second-order valence-electron chi connectivity index (χ2n) is 3.94. The van der Waals surface area contributed by atoms with Gasteiger partial charge in [-0.15, -0.1) is 0 Å². The van der Waals surface area contributed by atoms with E-state index in [4.69, 9.17) is 9.47 Å². The van der Waals surface area contributed by atoms with Crippen LogP contribution in [0.3, 0.4) is 0 Å². The number of carbonyl (C=O) groups is 2. The van der Waals surface area contributed by atoms with Crippen molar-refractivity contribution < 1.29 is 19.1 Å². The molecule has 0 unspecified atom stereocenters. The number of allylic oxidation sites excluding steroid dienone is 4. The monoisotopic (exact) mass is 261 g/mol. The van der Waals surface area contributed by atoms with Crippen LogP contribution in [0, 0.1) is 0 Å².